The van der Waals surface area contributed by atoms with Gasteiger partial charge in [-0.15, -0.1) is 0 Å². The maximum Gasteiger partial charge on any atom is 0.119 e. The molecule has 3 heteroatoms. The lowest BCUT2D eigenvalue weighted by molar-refractivity contribution is 0.166. The first-order valence-corrected chi connectivity index (χ1v) is 7.85. The second kappa shape index (κ2) is 8.28. The quantitative estimate of drug-likeness (QED) is 0.803. The van der Waals surface area contributed by atoms with Crippen LogP contribution in [0.25, 0.3) is 0 Å². The van der Waals surface area contributed by atoms with Gasteiger partial charge in [-0.3, -0.25) is 0 Å². The van der Waals surface area contributed by atoms with E-state index >= 15 is 0 Å². The molecule has 0 saturated heterocycles. The van der Waals surface area contributed by atoms with Gasteiger partial charge in [-0.05, 0) is 56.5 Å². The van der Waals surface area contributed by atoms with Crippen molar-refractivity contribution in [2.45, 2.75) is 44.6 Å². The summed E-state index contributed by atoms with van der Waals surface area (Å²) in [5.41, 5.74) is 0.946. The molecule has 1 aromatic carbocycles. The van der Waals surface area contributed by atoms with Crippen LogP contribution in [-0.4, -0.2) is 25.3 Å². The topological polar surface area (TPSA) is 41.5 Å². The third-order valence-corrected chi connectivity index (χ3v) is 4.12. The Morgan fingerprint density at radius 2 is 2.10 bits per heavy atom. The Hall–Kier alpha value is -1.06. The van der Waals surface area contributed by atoms with E-state index in [1.54, 1.807) is 0 Å². The van der Waals surface area contributed by atoms with Crippen molar-refractivity contribution in [3.63, 3.8) is 0 Å². The zero-order valence-corrected chi connectivity index (χ0v) is 12.5. The minimum Gasteiger partial charge on any atom is -0.493 e. The van der Waals surface area contributed by atoms with Gasteiger partial charge in [0.2, 0.25) is 0 Å². The Labute approximate surface area is 122 Å². The highest BCUT2D eigenvalue weighted by atomic mass is 16.5. The molecule has 0 radical (unpaired) electrons. The zero-order valence-electron chi connectivity index (χ0n) is 12.5. The van der Waals surface area contributed by atoms with E-state index in [4.69, 9.17) is 4.74 Å². The van der Waals surface area contributed by atoms with E-state index in [0.29, 0.717) is 5.92 Å². The molecule has 0 bridgehead atoms. The molecule has 1 fully saturated rings. The van der Waals surface area contributed by atoms with Crippen molar-refractivity contribution >= 4 is 0 Å². The van der Waals surface area contributed by atoms with Gasteiger partial charge in [-0.25, -0.2) is 0 Å². The van der Waals surface area contributed by atoms with E-state index in [9.17, 15) is 5.11 Å². The number of ether oxygens (including phenoxy) is 1. The molecule has 0 aromatic heterocycles. The molecule has 0 heterocycles. The zero-order chi connectivity index (χ0) is 14.2. The molecule has 2 rings (SSSR count). The number of aliphatic hydroxyl groups is 1. The van der Waals surface area contributed by atoms with Gasteiger partial charge in [-0.1, -0.05) is 31.4 Å². The summed E-state index contributed by atoms with van der Waals surface area (Å²) in [6.07, 6.45) is 6.97. The van der Waals surface area contributed by atoms with Crippen molar-refractivity contribution in [1.82, 2.24) is 5.32 Å². The van der Waals surface area contributed by atoms with Gasteiger partial charge in [0.1, 0.15) is 5.75 Å². The van der Waals surface area contributed by atoms with Crippen LogP contribution in [0.1, 0.15) is 50.2 Å². The van der Waals surface area contributed by atoms with Crippen LogP contribution in [0.2, 0.25) is 0 Å². The average molecular weight is 277 g/mol. The molecule has 2 N–H and O–H groups in total. The van der Waals surface area contributed by atoms with Gasteiger partial charge in [-0.2, -0.15) is 0 Å². The summed E-state index contributed by atoms with van der Waals surface area (Å²) in [7, 11) is 1.90. The minimum atomic E-state index is -0.416. The molecule has 0 unspecified atom stereocenters. The fourth-order valence-corrected chi connectivity index (χ4v) is 2.83. The number of nitrogens with one attached hydrogen (secondary N) is 1. The van der Waals surface area contributed by atoms with Crippen LogP contribution in [-0.2, 0) is 0 Å². The molecule has 1 saturated carbocycles. The summed E-state index contributed by atoms with van der Waals surface area (Å²) in [4.78, 5) is 0. The molecule has 112 valence electrons. The number of benzene rings is 1. The highest BCUT2D eigenvalue weighted by Crippen LogP contribution is 2.26. The third kappa shape index (κ3) is 4.80. The van der Waals surface area contributed by atoms with E-state index < -0.39 is 6.10 Å². The fourth-order valence-electron chi connectivity index (χ4n) is 2.83. The van der Waals surface area contributed by atoms with Crippen LogP contribution in [0.3, 0.4) is 0 Å². The van der Waals surface area contributed by atoms with Crippen LogP contribution in [0.15, 0.2) is 24.3 Å². The molecule has 0 amide bonds. The third-order valence-electron chi connectivity index (χ3n) is 4.12. The second-order valence-corrected chi connectivity index (χ2v) is 5.80. The van der Waals surface area contributed by atoms with E-state index in [0.717, 1.165) is 30.9 Å². The SMILES string of the molecule is CNCC[C@H](O)c1cccc(OCC2CCCCC2)c1. The summed E-state index contributed by atoms with van der Waals surface area (Å²) in [6.45, 7) is 1.63. The second-order valence-electron chi connectivity index (χ2n) is 5.80. The molecule has 1 aromatic rings. The molecule has 3 nitrogen and oxygen atoms in total. The van der Waals surface area contributed by atoms with Crippen LogP contribution in [0, 0.1) is 5.92 Å². The first-order chi connectivity index (χ1) is 9.79. The maximum atomic E-state index is 10.1. The average Bonchev–Trinajstić information content (AvgIpc) is 2.52. The number of hydrogen-bond donors (Lipinski definition) is 2. The van der Waals surface area contributed by atoms with E-state index in [-0.39, 0.29) is 0 Å². The van der Waals surface area contributed by atoms with Crippen LogP contribution < -0.4 is 10.1 Å². The first-order valence-electron chi connectivity index (χ1n) is 7.85. The number of rotatable bonds is 7. The number of hydrogen-bond acceptors (Lipinski definition) is 3. The van der Waals surface area contributed by atoms with E-state index in [1.165, 1.54) is 32.1 Å². The van der Waals surface area contributed by atoms with Gasteiger partial charge in [0.25, 0.3) is 0 Å². The molecule has 1 aliphatic carbocycles. The van der Waals surface area contributed by atoms with Crippen molar-refractivity contribution in [2.24, 2.45) is 5.92 Å². The highest BCUT2D eigenvalue weighted by Gasteiger charge is 2.14. The summed E-state index contributed by atoms with van der Waals surface area (Å²) in [6, 6.07) is 7.89. The van der Waals surface area contributed by atoms with Crippen LogP contribution >= 0.6 is 0 Å². The molecule has 1 atom stereocenters. The normalized spacial score (nSPS) is 17.9. The lowest BCUT2D eigenvalue weighted by atomic mass is 9.90. The van der Waals surface area contributed by atoms with Crippen LogP contribution in [0.5, 0.6) is 5.75 Å². The monoisotopic (exact) mass is 277 g/mol. The van der Waals surface area contributed by atoms with Gasteiger partial charge >= 0.3 is 0 Å². The van der Waals surface area contributed by atoms with Gasteiger partial charge in [0.15, 0.2) is 0 Å². The van der Waals surface area contributed by atoms with Gasteiger partial charge < -0.3 is 15.2 Å². The van der Waals surface area contributed by atoms with Gasteiger partial charge in [0.05, 0.1) is 12.7 Å². The van der Waals surface area contributed by atoms with Gasteiger partial charge in [0, 0.05) is 0 Å². The maximum absolute atomic E-state index is 10.1. The molecule has 20 heavy (non-hydrogen) atoms. The van der Waals surface area contributed by atoms with Crippen molar-refractivity contribution < 1.29 is 9.84 Å². The summed E-state index contributed by atoms with van der Waals surface area (Å²) in [5, 5.41) is 13.2. The summed E-state index contributed by atoms with van der Waals surface area (Å²) < 4.78 is 5.91. The Morgan fingerprint density at radius 1 is 1.30 bits per heavy atom. The Bertz CT molecular complexity index is 388. The molecule has 0 aliphatic heterocycles. The Balaban J connectivity index is 1.85. The smallest absolute Gasteiger partial charge is 0.119 e. The predicted octanol–water partition coefficient (Wildman–Crippen LogP) is 3.29. The fraction of sp³-hybridized carbons (Fsp3) is 0.647. The van der Waals surface area contributed by atoms with Crippen molar-refractivity contribution in [3.05, 3.63) is 29.8 Å². The lowest BCUT2D eigenvalue weighted by Crippen LogP contribution is -2.15. The number of aliphatic hydroxyl groups excluding tert-OH is 1. The summed E-state index contributed by atoms with van der Waals surface area (Å²) in [5.74, 6) is 1.60. The highest BCUT2D eigenvalue weighted by molar-refractivity contribution is 5.29. The van der Waals surface area contributed by atoms with Crippen molar-refractivity contribution in [3.8, 4) is 5.75 Å². The largest absolute Gasteiger partial charge is 0.493 e. The molecule has 1 aliphatic rings. The lowest BCUT2D eigenvalue weighted by Gasteiger charge is -2.22. The standard InChI is InChI=1S/C17H27NO2/c1-18-11-10-17(19)15-8-5-9-16(12-15)20-13-14-6-3-2-4-7-14/h5,8-9,12,14,17-19H,2-4,6-7,10-11,13H2,1H3/t17-/m0/s1. The minimum absolute atomic E-state index is 0.416. The van der Waals surface area contributed by atoms with Crippen LogP contribution in [0.4, 0.5) is 0 Å². The van der Waals surface area contributed by atoms with E-state index in [1.807, 2.05) is 31.3 Å². The molecular weight excluding hydrogens is 250 g/mol. The Kier molecular flexibility index (Phi) is 6.34. The van der Waals surface area contributed by atoms with Crippen molar-refractivity contribution in [1.29, 1.82) is 0 Å². The molecular formula is C17H27NO2. The summed E-state index contributed by atoms with van der Waals surface area (Å²) >= 11 is 0. The Morgan fingerprint density at radius 3 is 2.85 bits per heavy atom. The van der Waals surface area contributed by atoms with E-state index in [2.05, 4.69) is 5.32 Å². The predicted molar refractivity (Wildman–Crippen MR) is 82.0 cm³/mol. The first kappa shape index (κ1) is 15.3. The van der Waals surface area contributed by atoms with Crippen molar-refractivity contribution in [2.75, 3.05) is 20.2 Å². The molecule has 0 spiro atoms.